The maximum atomic E-state index is 11.7. The first-order valence-electron chi connectivity index (χ1n) is 6.34. The smallest absolute Gasteiger partial charge is 0.350 e. The number of aryl methyl sites for hydroxylation is 1. The summed E-state index contributed by atoms with van der Waals surface area (Å²) in [6, 6.07) is 0. The number of hydrogen-bond acceptors (Lipinski definition) is 7. The van der Waals surface area contributed by atoms with Crippen LogP contribution in [0.2, 0.25) is 0 Å². The van der Waals surface area contributed by atoms with E-state index in [2.05, 4.69) is 10.4 Å². The van der Waals surface area contributed by atoms with Crippen molar-refractivity contribution < 1.29 is 9.53 Å². The van der Waals surface area contributed by atoms with E-state index in [-0.39, 0.29) is 0 Å². The molecule has 0 bridgehead atoms. The molecule has 0 amide bonds. The Bertz CT molecular complexity index is 636. The number of ether oxygens (including phenoxy) is 1. The summed E-state index contributed by atoms with van der Waals surface area (Å²) < 4.78 is 6.62. The first-order valence-corrected chi connectivity index (χ1v) is 8.38. The minimum Gasteiger partial charge on any atom is -0.465 e. The summed E-state index contributed by atoms with van der Waals surface area (Å²) in [4.78, 5) is 13.0. The van der Waals surface area contributed by atoms with Gasteiger partial charge in [-0.2, -0.15) is 5.10 Å². The van der Waals surface area contributed by atoms with Gasteiger partial charge in [0, 0.05) is 12.7 Å². The lowest BCUT2D eigenvalue weighted by Crippen LogP contribution is -2.10. The van der Waals surface area contributed by atoms with Crippen LogP contribution in [0.5, 0.6) is 0 Å². The zero-order valence-corrected chi connectivity index (χ0v) is 13.8. The quantitative estimate of drug-likeness (QED) is 0.627. The summed E-state index contributed by atoms with van der Waals surface area (Å²) in [6.07, 6.45) is 5.74. The summed E-state index contributed by atoms with van der Waals surface area (Å²) in [5, 5.41) is 8.43. The molecule has 0 saturated carbocycles. The molecule has 6 nitrogen and oxygen atoms in total. The number of thiophene rings is 1. The number of aromatic nitrogens is 2. The highest BCUT2D eigenvalue weighted by Crippen LogP contribution is 2.41. The van der Waals surface area contributed by atoms with Crippen LogP contribution in [-0.4, -0.2) is 35.7 Å². The number of anilines is 2. The number of esters is 1. The molecule has 2 aromatic rings. The van der Waals surface area contributed by atoms with Gasteiger partial charge in [-0.1, -0.05) is 0 Å². The van der Waals surface area contributed by atoms with Crippen LogP contribution in [-0.2, 0) is 11.3 Å². The third-order valence-corrected chi connectivity index (χ3v) is 4.97. The highest BCUT2D eigenvalue weighted by atomic mass is 32.2. The van der Waals surface area contributed by atoms with Crippen LogP contribution in [0, 0.1) is 6.92 Å². The molecule has 0 aliphatic heterocycles. The largest absolute Gasteiger partial charge is 0.465 e. The van der Waals surface area contributed by atoms with Gasteiger partial charge in [0.2, 0.25) is 0 Å². The van der Waals surface area contributed by atoms with Crippen LogP contribution < -0.4 is 11.1 Å². The molecule has 2 rings (SSSR count). The Labute approximate surface area is 131 Å². The summed E-state index contributed by atoms with van der Waals surface area (Å²) in [5.74, 6) is -0.399. The van der Waals surface area contributed by atoms with Crippen molar-refractivity contribution in [1.82, 2.24) is 9.78 Å². The van der Waals surface area contributed by atoms with E-state index in [4.69, 9.17) is 10.5 Å². The summed E-state index contributed by atoms with van der Waals surface area (Å²) in [5.41, 5.74) is 7.62. The Morgan fingerprint density at radius 1 is 1.62 bits per heavy atom. The Kier molecular flexibility index (Phi) is 5.13. The molecule has 114 valence electrons. The highest BCUT2D eigenvalue weighted by Gasteiger charge is 2.20. The molecule has 0 radical (unpaired) electrons. The van der Waals surface area contributed by atoms with Gasteiger partial charge in [-0.3, -0.25) is 4.68 Å². The van der Waals surface area contributed by atoms with Crippen molar-refractivity contribution in [3.63, 3.8) is 0 Å². The van der Waals surface area contributed by atoms with E-state index in [1.54, 1.807) is 0 Å². The van der Waals surface area contributed by atoms with Gasteiger partial charge in [-0.15, -0.1) is 23.1 Å². The number of nitrogens with zero attached hydrogens (tertiary/aromatic N) is 2. The summed E-state index contributed by atoms with van der Waals surface area (Å²) >= 11 is 2.84. The monoisotopic (exact) mass is 326 g/mol. The van der Waals surface area contributed by atoms with Crippen molar-refractivity contribution in [2.45, 2.75) is 18.4 Å². The molecule has 0 spiro atoms. The molecular formula is C13H18N4O2S2. The number of thioether (sulfide) groups is 1. The van der Waals surface area contributed by atoms with Crippen LogP contribution in [0.1, 0.15) is 15.2 Å². The van der Waals surface area contributed by atoms with Gasteiger partial charge in [-0.25, -0.2) is 4.79 Å². The molecule has 2 heterocycles. The van der Waals surface area contributed by atoms with E-state index in [1.165, 1.54) is 30.2 Å². The fourth-order valence-electron chi connectivity index (χ4n) is 1.87. The zero-order chi connectivity index (χ0) is 15.4. The number of hydrogen-bond donors (Lipinski definition) is 2. The van der Waals surface area contributed by atoms with Gasteiger partial charge in [0.25, 0.3) is 0 Å². The fraction of sp³-hybridized carbons (Fsp3) is 0.385. The number of carbonyl (C=O) groups excluding carboxylic acids is 1. The topological polar surface area (TPSA) is 82.2 Å². The third-order valence-electron chi connectivity index (χ3n) is 2.86. The van der Waals surface area contributed by atoms with Crippen molar-refractivity contribution in [2.24, 2.45) is 0 Å². The Morgan fingerprint density at radius 3 is 2.95 bits per heavy atom. The van der Waals surface area contributed by atoms with Crippen molar-refractivity contribution in [1.29, 1.82) is 0 Å². The molecule has 2 aromatic heterocycles. The number of rotatable bonds is 6. The van der Waals surface area contributed by atoms with Gasteiger partial charge in [0.05, 0.1) is 30.4 Å². The first-order chi connectivity index (χ1) is 10.1. The van der Waals surface area contributed by atoms with Gasteiger partial charge in [-0.05, 0) is 18.7 Å². The minimum atomic E-state index is -0.399. The van der Waals surface area contributed by atoms with E-state index in [9.17, 15) is 4.79 Å². The molecule has 0 aliphatic carbocycles. The number of nitrogens with two attached hydrogens (primary N) is 1. The molecule has 8 heteroatoms. The molecule has 0 atom stereocenters. The predicted octanol–water partition coefficient (Wildman–Crippen LogP) is 2.46. The standard InChI is InChI=1S/C13H18N4O2S2/c1-8-6-16-17(7-8)5-4-15-12-10(20-3)9(14)11(21-12)13(18)19-2/h6-7,15H,4-5,14H2,1-3H3. The maximum Gasteiger partial charge on any atom is 0.350 e. The van der Waals surface area contributed by atoms with E-state index in [1.807, 2.05) is 30.3 Å². The molecule has 0 aliphatic rings. The third kappa shape index (κ3) is 3.51. The molecule has 3 N–H and O–H groups in total. The lowest BCUT2D eigenvalue weighted by atomic mass is 10.4. The second kappa shape index (κ2) is 6.86. The predicted molar refractivity (Wildman–Crippen MR) is 87.3 cm³/mol. The molecule has 0 aromatic carbocycles. The second-order valence-electron chi connectivity index (χ2n) is 4.41. The van der Waals surface area contributed by atoms with Crippen LogP contribution >= 0.6 is 23.1 Å². The lowest BCUT2D eigenvalue weighted by Gasteiger charge is -2.06. The normalized spacial score (nSPS) is 10.6. The van der Waals surface area contributed by atoms with Crippen LogP contribution in [0.25, 0.3) is 0 Å². The Morgan fingerprint density at radius 2 is 2.38 bits per heavy atom. The van der Waals surface area contributed by atoms with E-state index in [0.717, 1.165) is 22.0 Å². The number of nitrogens with one attached hydrogen (secondary N) is 1. The first kappa shape index (κ1) is 15.7. The number of methoxy groups -OCH3 is 1. The molecule has 0 saturated heterocycles. The van der Waals surface area contributed by atoms with Crippen molar-refractivity contribution in [2.75, 3.05) is 31.0 Å². The van der Waals surface area contributed by atoms with Gasteiger partial charge >= 0.3 is 5.97 Å². The molecule has 0 fully saturated rings. The van der Waals surface area contributed by atoms with Crippen molar-refractivity contribution >= 4 is 39.8 Å². The summed E-state index contributed by atoms with van der Waals surface area (Å²) in [7, 11) is 1.35. The second-order valence-corrected chi connectivity index (χ2v) is 6.24. The number of nitrogen functional groups attached to an aromatic ring is 1. The molecular weight excluding hydrogens is 308 g/mol. The zero-order valence-electron chi connectivity index (χ0n) is 12.2. The van der Waals surface area contributed by atoms with E-state index in [0.29, 0.717) is 17.1 Å². The highest BCUT2D eigenvalue weighted by molar-refractivity contribution is 7.99. The maximum absolute atomic E-state index is 11.7. The van der Waals surface area contributed by atoms with Crippen LogP contribution in [0.3, 0.4) is 0 Å². The minimum absolute atomic E-state index is 0.399. The van der Waals surface area contributed by atoms with Gasteiger partial charge in [0.15, 0.2) is 0 Å². The lowest BCUT2D eigenvalue weighted by molar-refractivity contribution is 0.0607. The van der Waals surface area contributed by atoms with Crippen LogP contribution in [0.4, 0.5) is 10.7 Å². The van der Waals surface area contributed by atoms with Gasteiger partial charge < -0.3 is 15.8 Å². The van der Waals surface area contributed by atoms with Gasteiger partial charge in [0.1, 0.15) is 9.88 Å². The molecule has 21 heavy (non-hydrogen) atoms. The Balaban J connectivity index is 2.07. The van der Waals surface area contributed by atoms with E-state index >= 15 is 0 Å². The van der Waals surface area contributed by atoms with Crippen molar-refractivity contribution in [3.05, 3.63) is 22.8 Å². The summed E-state index contributed by atoms with van der Waals surface area (Å²) in [6.45, 7) is 3.45. The number of carbonyl (C=O) groups is 1. The fourth-order valence-corrected chi connectivity index (χ4v) is 3.84. The average Bonchev–Trinajstić information content (AvgIpc) is 3.02. The Hall–Kier alpha value is -1.67. The van der Waals surface area contributed by atoms with Crippen LogP contribution in [0.15, 0.2) is 17.3 Å². The van der Waals surface area contributed by atoms with Crippen molar-refractivity contribution in [3.8, 4) is 0 Å². The SMILES string of the molecule is COC(=O)c1sc(NCCn2cc(C)cn2)c(SC)c1N. The molecule has 0 unspecified atom stereocenters. The van der Waals surface area contributed by atoms with E-state index < -0.39 is 5.97 Å². The average molecular weight is 326 g/mol.